The molecule has 0 radical (unpaired) electrons. The fourth-order valence-electron chi connectivity index (χ4n) is 2.69. The van der Waals surface area contributed by atoms with Crippen LogP contribution in [-0.2, 0) is 18.3 Å². The Hall–Kier alpha value is -2.37. The van der Waals surface area contributed by atoms with Crippen LogP contribution >= 0.6 is 23.2 Å². The topological polar surface area (TPSA) is 46.9 Å². The monoisotopic (exact) mass is 391 g/mol. The highest BCUT2D eigenvalue weighted by atomic mass is 35.5. The van der Waals surface area contributed by atoms with Crippen molar-refractivity contribution in [1.29, 1.82) is 0 Å². The fourth-order valence-corrected chi connectivity index (χ4v) is 3.01. The number of aryl methyl sites for hydroxylation is 1. The summed E-state index contributed by atoms with van der Waals surface area (Å²) in [5.41, 5.74) is 1.34. The van der Waals surface area contributed by atoms with Gasteiger partial charge in [-0.1, -0.05) is 41.4 Å². The first kappa shape index (κ1) is 18.4. The molecule has 1 aromatic heterocycles. The van der Waals surface area contributed by atoms with E-state index in [9.17, 15) is 9.18 Å². The van der Waals surface area contributed by atoms with Gasteiger partial charge in [0.2, 0.25) is 5.91 Å². The van der Waals surface area contributed by atoms with E-state index < -0.39 is 6.04 Å². The third-order valence-electron chi connectivity index (χ3n) is 3.95. The zero-order valence-electron chi connectivity index (χ0n) is 13.9. The number of nitrogens with one attached hydrogen (secondary N) is 1. The summed E-state index contributed by atoms with van der Waals surface area (Å²) in [5, 5.41) is 3.74. The van der Waals surface area contributed by atoms with Crippen molar-refractivity contribution in [3.63, 3.8) is 0 Å². The summed E-state index contributed by atoms with van der Waals surface area (Å²) in [6, 6.07) is 10.6. The number of carbonyl (C=O) groups is 1. The summed E-state index contributed by atoms with van der Waals surface area (Å²) >= 11 is 11.9. The number of carbonyl (C=O) groups excluding carboxylic acids is 1. The Bertz CT molecular complexity index is 942. The van der Waals surface area contributed by atoms with Crippen molar-refractivity contribution in [1.82, 2.24) is 14.9 Å². The smallest absolute Gasteiger partial charge is 0.225 e. The largest absolute Gasteiger partial charge is 0.342 e. The molecule has 0 spiro atoms. The highest BCUT2D eigenvalue weighted by molar-refractivity contribution is 6.42. The van der Waals surface area contributed by atoms with Gasteiger partial charge in [-0.15, -0.1) is 0 Å². The predicted molar refractivity (Wildman–Crippen MR) is 99.8 cm³/mol. The summed E-state index contributed by atoms with van der Waals surface area (Å²) < 4.78 is 15.5. The molecule has 3 rings (SSSR count). The molecule has 0 aliphatic carbocycles. The molecule has 4 nitrogen and oxygen atoms in total. The van der Waals surface area contributed by atoms with Gasteiger partial charge in [0.25, 0.3) is 0 Å². The Morgan fingerprint density at radius 2 is 2.04 bits per heavy atom. The number of aromatic nitrogens is 2. The molecule has 0 saturated heterocycles. The Kier molecular flexibility index (Phi) is 5.59. The molecule has 0 bridgehead atoms. The van der Waals surface area contributed by atoms with E-state index in [1.165, 1.54) is 12.1 Å². The number of amides is 1. The SMILES string of the molecule is Cn1ccnc1C(NC(=O)Cc1ccc(Cl)c(Cl)c1)c1cccc(F)c1. The normalized spacial score (nSPS) is 12.0. The maximum atomic E-state index is 13.7. The van der Waals surface area contributed by atoms with Crippen LogP contribution in [0.15, 0.2) is 54.9 Å². The lowest BCUT2D eigenvalue weighted by Gasteiger charge is -2.19. The van der Waals surface area contributed by atoms with Crippen molar-refractivity contribution in [2.24, 2.45) is 7.05 Å². The molecule has 0 saturated carbocycles. The van der Waals surface area contributed by atoms with Crippen molar-refractivity contribution in [3.8, 4) is 0 Å². The highest BCUT2D eigenvalue weighted by Gasteiger charge is 2.21. The third kappa shape index (κ3) is 4.23. The minimum absolute atomic E-state index is 0.118. The van der Waals surface area contributed by atoms with E-state index in [0.29, 0.717) is 21.4 Å². The molecule has 26 heavy (non-hydrogen) atoms. The van der Waals surface area contributed by atoms with Crippen LogP contribution in [0.5, 0.6) is 0 Å². The van der Waals surface area contributed by atoms with Gasteiger partial charge in [0.1, 0.15) is 17.7 Å². The lowest BCUT2D eigenvalue weighted by Crippen LogP contribution is -2.32. The van der Waals surface area contributed by atoms with E-state index in [1.807, 2.05) is 7.05 Å². The molecular formula is C19H16Cl2FN3O. The van der Waals surface area contributed by atoms with Crippen LogP contribution in [-0.4, -0.2) is 15.5 Å². The molecular weight excluding hydrogens is 376 g/mol. The van der Waals surface area contributed by atoms with Gasteiger partial charge in [-0.2, -0.15) is 0 Å². The van der Waals surface area contributed by atoms with Crippen molar-refractivity contribution in [2.45, 2.75) is 12.5 Å². The van der Waals surface area contributed by atoms with E-state index in [1.54, 1.807) is 47.3 Å². The van der Waals surface area contributed by atoms with Crippen LogP contribution in [0.1, 0.15) is 23.0 Å². The lowest BCUT2D eigenvalue weighted by molar-refractivity contribution is -0.121. The number of benzene rings is 2. The Morgan fingerprint density at radius 3 is 2.69 bits per heavy atom. The van der Waals surface area contributed by atoms with Gasteiger partial charge in [-0.25, -0.2) is 9.37 Å². The van der Waals surface area contributed by atoms with Crippen molar-refractivity contribution < 1.29 is 9.18 Å². The van der Waals surface area contributed by atoms with E-state index >= 15 is 0 Å². The lowest BCUT2D eigenvalue weighted by atomic mass is 10.0. The average Bonchev–Trinajstić information content (AvgIpc) is 3.02. The molecule has 2 aromatic carbocycles. The zero-order chi connectivity index (χ0) is 18.7. The zero-order valence-corrected chi connectivity index (χ0v) is 15.4. The van der Waals surface area contributed by atoms with E-state index in [4.69, 9.17) is 23.2 Å². The maximum absolute atomic E-state index is 13.7. The second kappa shape index (κ2) is 7.89. The van der Waals surface area contributed by atoms with Crippen molar-refractivity contribution in [2.75, 3.05) is 0 Å². The van der Waals surface area contributed by atoms with Gasteiger partial charge < -0.3 is 9.88 Å². The predicted octanol–water partition coefficient (Wildman–Crippen LogP) is 4.31. The van der Waals surface area contributed by atoms with Gasteiger partial charge >= 0.3 is 0 Å². The second-order valence-corrected chi connectivity index (χ2v) is 6.69. The van der Waals surface area contributed by atoms with Crippen molar-refractivity contribution in [3.05, 3.63) is 87.7 Å². The first-order valence-corrected chi connectivity index (χ1v) is 8.65. The molecule has 0 fully saturated rings. The minimum Gasteiger partial charge on any atom is -0.342 e. The Morgan fingerprint density at radius 1 is 1.23 bits per heavy atom. The fraction of sp³-hybridized carbons (Fsp3) is 0.158. The summed E-state index contributed by atoms with van der Waals surface area (Å²) in [7, 11) is 1.82. The van der Waals surface area contributed by atoms with Crippen LogP contribution < -0.4 is 5.32 Å². The van der Waals surface area contributed by atoms with Gasteiger partial charge in [0.05, 0.1) is 16.5 Å². The average molecular weight is 392 g/mol. The van der Waals surface area contributed by atoms with Gasteiger partial charge in [-0.05, 0) is 35.4 Å². The van der Waals surface area contributed by atoms with Gasteiger partial charge in [0.15, 0.2) is 0 Å². The molecule has 3 aromatic rings. The molecule has 1 heterocycles. The van der Waals surface area contributed by atoms with Crippen LogP contribution in [0, 0.1) is 5.82 Å². The third-order valence-corrected chi connectivity index (χ3v) is 4.69. The van der Waals surface area contributed by atoms with E-state index in [0.717, 1.165) is 5.56 Å². The Balaban J connectivity index is 1.84. The number of hydrogen-bond donors (Lipinski definition) is 1. The van der Waals surface area contributed by atoms with Crippen molar-refractivity contribution >= 4 is 29.1 Å². The Labute approximate surface area is 160 Å². The van der Waals surface area contributed by atoms with Gasteiger partial charge in [0, 0.05) is 19.4 Å². The maximum Gasteiger partial charge on any atom is 0.225 e. The highest BCUT2D eigenvalue weighted by Crippen LogP contribution is 2.24. The second-order valence-electron chi connectivity index (χ2n) is 5.88. The molecule has 134 valence electrons. The first-order valence-electron chi connectivity index (χ1n) is 7.90. The standard InChI is InChI=1S/C19H16Cl2FN3O/c1-25-8-7-23-19(25)18(13-3-2-4-14(22)11-13)24-17(26)10-12-5-6-15(20)16(21)9-12/h2-9,11,18H,10H2,1H3,(H,24,26). The molecule has 1 atom stereocenters. The molecule has 1 unspecified atom stereocenters. The number of rotatable bonds is 5. The summed E-state index contributed by atoms with van der Waals surface area (Å²) in [5.74, 6) is -0.000759. The van der Waals surface area contributed by atoms with Crippen LogP contribution in [0.25, 0.3) is 0 Å². The molecule has 0 aliphatic rings. The molecule has 1 N–H and O–H groups in total. The quantitative estimate of drug-likeness (QED) is 0.703. The van der Waals surface area contributed by atoms with Crippen LogP contribution in [0.3, 0.4) is 0 Å². The van der Waals surface area contributed by atoms with Crippen LogP contribution in [0.2, 0.25) is 10.0 Å². The molecule has 0 aliphatic heterocycles. The number of nitrogens with zero attached hydrogens (tertiary/aromatic N) is 2. The van der Waals surface area contributed by atoms with E-state index in [2.05, 4.69) is 10.3 Å². The van der Waals surface area contributed by atoms with Crippen LogP contribution in [0.4, 0.5) is 4.39 Å². The number of hydrogen-bond acceptors (Lipinski definition) is 2. The first-order chi connectivity index (χ1) is 12.4. The molecule has 7 heteroatoms. The summed E-state index contributed by atoms with van der Waals surface area (Å²) in [6.45, 7) is 0. The molecule has 1 amide bonds. The minimum atomic E-state index is -0.569. The number of imidazole rings is 1. The van der Waals surface area contributed by atoms with E-state index in [-0.39, 0.29) is 18.1 Å². The summed E-state index contributed by atoms with van der Waals surface area (Å²) in [4.78, 5) is 16.9. The van der Waals surface area contributed by atoms with Gasteiger partial charge in [-0.3, -0.25) is 4.79 Å². The number of halogens is 3. The summed E-state index contributed by atoms with van der Waals surface area (Å²) in [6.07, 6.45) is 3.52.